The minimum Gasteiger partial charge on any atom is -0.545 e. The van der Waals surface area contributed by atoms with E-state index in [0.29, 0.717) is 11.3 Å². The number of nitro benzene ring substituents is 1. The number of amides is 1. The Hall–Kier alpha value is -3.01. The van der Waals surface area contributed by atoms with Crippen LogP contribution >= 0.6 is 35.6 Å². The normalized spacial score (nSPS) is 15.8. The smallest absolute Gasteiger partial charge is 0.270 e. The molecule has 2 aromatic carbocycles. The van der Waals surface area contributed by atoms with Gasteiger partial charge in [0.1, 0.15) is 0 Å². The van der Waals surface area contributed by atoms with Crippen LogP contribution in [0.4, 0.5) is 11.4 Å². The molecule has 3 rings (SSSR count). The highest BCUT2D eigenvalue weighted by Crippen LogP contribution is 2.36. The third-order valence-electron chi connectivity index (χ3n) is 3.81. The van der Waals surface area contributed by atoms with Gasteiger partial charge in [-0.15, -0.1) is 0 Å². The quantitative estimate of drug-likeness (QED) is 0.300. The van der Waals surface area contributed by atoms with Gasteiger partial charge >= 0.3 is 0 Å². The van der Waals surface area contributed by atoms with Crippen LogP contribution in [0.3, 0.4) is 0 Å². The average molecular weight is 446 g/mol. The monoisotopic (exact) mass is 445 g/mol. The van der Waals surface area contributed by atoms with Gasteiger partial charge in [0.2, 0.25) is 0 Å². The molecule has 0 aliphatic carbocycles. The Morgan fingerprint density at radius 2 is 1.90 bits per heavy atom. The molecule has 0 saturated carbocycles. The second-order valence-corrected chi connectivity index (χ2v) is 7.84. The lowest BCUT2D eigenvalue weighted by molar-refractivity contribution is -0.384. The lowest BCUT2D eigenvalue weighted by Crippen LogP contribution is -2.28. The fourth-order valence-electron chi connectivity index (χ4n) is 2.48. The number of carboxylic acids is 1. The van der Waals surface area contributed by atoms with Crippen molar-refractivity contribution in [3.8, 4) is 0 Å². The van der Waals surface area contributed by atoms with E-state index >= 15 is 0 Å². The van der Waals surface area contributed by atoms with E-state index in [1.54, 1.807) is 12.1 Å². The van der Waals surface area contributed by atoms with E-state index in [1.807, 2.05) is 0 Å². The minimum absolute atomic E-state index is 0.0436. The van der Waals surface area contributed by atoms with E-state index < -0.39 is 16.8 Å². The molecule has 1 heterocycles. The standard InChI is InChI=1S/C19H11ClN2O5S2/c20-13(8-11-4-6-14(7-5-11)22(26)27)10-16-17(23)21(19(28)29-16)15-3-1-2-12(9-15)18(24)25/h1-10H,(H,24,25)/p-1. The second-order valence-electron chi connectivity index (χ2n) is 5.73. The van der Waals surface area contributed by atoms with E-state index in [9.17, 15) is 24.8 Å². The van der Waals surface area contributed by atoms with E-state index in [0.717, 1.165) is 11.8 Å². The Bertz CT molecular complexity index is 1100. The minimum atomic E-state index is -1.36. The Kier molecular flexibility index (Phi) is 6.12. The van der Waals surface area contributed by atoms with Crippen molar-refractivity contribution in [1.82, 2.24) is 0 Å². The van der Waals surface area contributed by atoms with Gasteiger partial charge in [-0.25, -0.2) is 0 Å². The first-order chi connectivity index (χ1) is 13.8. The summed E-state index contributed by atoms with van der Waals surface area (Å²) in [7, 11) is 0. The lowest BCUT2D eigenvalue weighted by atomic mass is 10.2. The maximum atomic E-state index is 12.7. The summed E-state index contributed by atoms with van der Waals surface area (Å²) in [5, 5.41) is 22.0. The molecule has 0 bridgehead atoms. The molecule has 7 nitrogen and oxygen atoms in total. The van der Waals surface area contributed by atoms with E-state index in [1.165, 1.54) is 53.4 Å². The zero-order chi connectivity index (χ0) is 21.1. The number of halogens is 1. The second kappa shape index (κ2) is 8.56. The largest absolute Gasteiger partial charge is 0.545 e. The fraction of sp³-hybridized carbons (Fsp3) is 0. The molecule has 1 amide bonds. The highest BCUT2D eigenvalue weighted by Gasteiger charge is 2.33. The van der Waals surface area contributed by atoms with Crippen molar-refractivity contribution >= 4 is 69.2 Å². The number of carbonyl (C=O) groups is 2. The number of nitrogens with zero attached hydrogens (tertiary/aromatic N) is 2. The van der Waals surface area contributed by atoms with E-state index in [-0.39, 0.29) is 25.5 Å². The number of carbonyl (C=O) groups excluding carboxylic acids is 2. The van der Waals surface area contributed by atoms with Gasteiger partial charge in [-0.2, -0.15) is 0 Å². The van der Waals surface area contributed by atoms with Gasteiger partial charge in [0.25, 0.3) is 11.6 Å². The van der Waals surface area contributed by atoms with Crippen molar-refractivity contribution in [2.45, 2.75) is 0 Å². The molecule has 1 fully saturated rings. The summed E-state index contributed by atoms with van der Waals surface area (Å²) in [6, 6.07) is 11.5. The highest BCUT2D eigenvalue weighted by atomic mass is 35.5. The van der Waals surface area contributed by atoms with Gasteiger partial charge in [0.15, 0.2) is 4.32 Å². The number of anilines is 1. The van der Waals surface area contributed by atoms with Crippen LogP contribution in [0.25, 0.3) is 6.08 Å². The SMILES string of the molecule is O=C([O-])c1cccc(N2C(=O)C(=CC(Cl)=Cc3ccc([N+](=O)[O-])cc3)SC2=S)c1. The van der Waals surface area contributed by atoms with Gasteiger partial charge in [0.05, 0.1) is 21.5 Å². The number of hydrogen-bond acceptors (Lipinski definition) is 7. The van der Waals surface area contributed by atoms with Crippen molar-refractivity contribution < 1.29 is 19.6 Å². The average Bonchev–Trinajstić information content (AvgIpc) is 2.95. The molecule has 1 aliphatic heterocycles. The molecule has 0 N–H and O–H groups in total. The number of benzene rings is 2. The molecule has 1 aliphatic rings. The van der Waals surface area contributed by atoms with Crippen LogP contribution in [0, 0.1) is 10.1 Å². The molecular formula is C19H10ClN2O5S2-. The van der Waals surface area contributed by atoms with Crippen LogP contribution in [0.1, 0.15) is 15.9 Å². The molecule has 0 unspecified atom stereocenters. The number of allylic oxidation sites excluding steroid dienone is 2. The predicted octanol–water partition coefficient (Wildman–Crippen LogP) is 3.49. The Balaban J connectivity index is 1.84. The summed E-state index contributed by atoms with van der Waals surface area (Å²) in [5.41, 5.74) is 0.816. The molecule has 0 aromatic heterocycles. The van der Waals surface area contributed by atoms with Crippen LogP contribution < -0.4 is 10.0 Å². The maximum absolute atomic E-state index is 12.7. The van der Waals surface area contributed by atoms with Gasteiger partial charge < -0.3 is 9.90 Å². The number of non-ortho nitro benzene ring substituents is 1. The number of nitro groups is 1. The zero-order valence-electron chi connectivity index (χ0n) is 14.4. The summed E-state index contributed by atoms with van der Waals surface area (Å²) in [6.45, 7) is 0. The van der Waals surface area contributed by atoms with Crippen molar-refractivity contribution in [1.29, 1.82) is 0 Å². The van der Waals surface area contributed by atoms with Crippen LogP contribution in [-0.4, -0.2) is 21.1 Å². The van der Waals surface area contributed by atoms with E-state index in [4.69, 9.17) is 23.8 Å². The highest BCUT2D eigenvalue weighted by molar-refractivity contribution is 8.27. The summed E-state index contributed by atoms with van der Waals surface area (Å²) in [4.78, 5) is 35.4. The summed E-state index contributed by atoms with van der Waals surface area (Å²) in [5.74, 6) is -1.80. The first kappa shape index (κ1) is 20.7. The predicted molar refractivity (Wildman–Crippen MR) is 113 cm³/mol. The van der Waals surface area contributed by atoms with Crippen LogP contribution in [0.5, 0.6) is 0 Å². The molecule has 10 heteroatoms. The summed E-state index contributed by atoms with van der Waals surface area (Å²) >= 11 is 12.5. The summed E-state index contributed by atoms with van der Waals surface area (Å²) < 4.78 is 0.233. The number of aromatic carboxylic acids is 1. The molecule has 0 atom stereocenters. The molecule has 146 valence electrons. The Labute approximate surface area is 179 Å². The maximum Gasteiger partial charge on any atom is 0.270 e. The van der Waals surface area contributed by atoms with Crippen molar-refractivity contribution in [3.05, 3.63) is 85.8 Å². The van der Waals surface area contributed by atoms with Gasteiger partial charge in [-0.1, -0.05) is 47.7 Å². The van der Waals surface area contributed by atoms with Crippen LogP contribution in [-0.2, 0) is 4.79 Å². The number of hydrogen-bond donors (Lipinski definition) is 0. The van der Waals surface area contributed by atoms with E-state index in [2.05, 4.69) is 0 Å². The van der Waals surface area contributed by atoms with Crippen molar-refractivity contribution in [2.75, 3.05) is 4.90 Å². The number of rotatable bonds is 5. The van der Waals surface area contributed by atoms with Gasteiger partial charge in [0, 0.05) is 17.2 Å². The zero-order valence-corrected chi connectivity index (χ0v) is 16.8. The van der Waals surface area contributed by atoms with Crippen molar-refractivity contribution in [3.63, 3.8) is 0 Å². The van der Waals surface area contributed by atoms with Crippen molar-refractivity contribution in [2.24, 2.45) is 0 Å². The topological polar surface area (TPSA) is 104 Å². The molecule has 1 saturated heterocycles. The lowest BCUT2D eigenvalue weighted by Gasteiger charge is -2.15. The molecular weight excluding hydrogens is 436 g/mol. The summed E-state index contributed by atoms with van der Waals surface area (Å²) in [6.07, 6.45) is 2.99. The number of carboxylic acid groups (broad SMARTS) is 1. The Morgan fingerprint density at radius 1 is 1.21 bits per heavy atom. The van der Waals surface area contributed by atoms with Gasteiger partial charge in [-0.3, -0.25) is 19.8 Å². The third kappa shape index (κ3) is 4.70. The molecule has 29 heavy (non-hydrogen) atoms. The molecule has 0 radical (unpaired) electrons. The Morgan fingerprint density at radius 3 is 2.52 bits per heavy atom. The third-order valence-corrected chi connectivity index (χ3v) is 5.33. The number of thiocarbonyl (C=S) groups is 1. The van der Waals surface area contributed by atoms with Crippen LogP contribution in [0.15, 0.2) is 64.5 Å². The number of thioether (sulfide) groups is 1. The first-order valence-electron chi connectivity index (χ1n) is 7.97. The first-order valence-corrected chi connectivity index (χ1v) is 9.57. The van der Waals surface area contributed by atoms with Gasteiger partial charge in [-0.05, 0) is 47.5 Å². The van der Waals surface area contributed by atoms with Crippen LogP contribution in [0.2, 0.25) is 0 Å². The molecule has 0 spiro atoms. The molecule has 2 aromatic rings. The fourth-order valence-corrected chi connectivity index (χ4v) is 4.07.